The summed E-state index contributed by atoms with van der Waals surface area (Å²) in [7, 11) is -8.45. The van der Waals surface area contributed by atoms with Gasteiger partial charge in [0.05, 0.1) is 43.2 Å². The van der Waals surface area contributed by atoms with Crippen LogP contribution in [0.1, 0.15) is 0 Å². The van der Waals surface area contributed by atoms with Gasteiger partial charge in [0.1, 0.15) is 11.0 Å². The summed E-state index contributed by atoms with van der Waals surface area (Å²) in [4.78, 5) is 35.6. The number of nitrogens with one attached hydrogen (secondary N) is 7. The molecule has 0 bridgehead atoms. The van der Waals surface area contributed by atoms with Gasteiger partial charge in [-0.3, -0.25) is 25.0 Å². The van der Waals surface area contributed by atoms with Gasteiger partial charge in [0.15, 0.2) is 0 Å². The number of aromatic amines is 1. The average Bonchev–Trinajstić information content (AvgIpc) is 3.82. The Morgan fingerprint density at radius 3 is 1.96 bits per heavy atom. The summed E-state index contributed by atoms with van der Waals surface area (Å²) >= 11 is 0. The highest BCUT2D eigenvalue weighted by Crippen LogP contribution is 2.26. The summed E-state index contributed by atoms with van der Waals surface area (Å²) < 4.78 is 58.8. The van der Waals surface area contributed by atoms with Crippen LogP contribution in [0.25, 0.3) is 21.9 Å². The lowest BCUT2D eigenvalue weighted by Crippen LogP contribution is -2.33. The van der Waals surface area contributed by atoms with Crippen molar-refractivity contribution < 1.29 is 31.3 Å². The highest BCUT2D eigenvalue weighted by atomic mass is 32.2. The number of hydrogen-bond acceptors (Lipinski definition) is 12. The zero-order valence-corrected chi connectivity index (χ0v) is 29.4. The number of hydrogen-bond donors (Lipinski definition) is 7. The molecule has 0 spiro atoms. The highest BCUT2D eigenvalue weighted by molar-refractivity contribution is 7.93. The van der Waals surface area contributed by atoms with E-state index in [9.17, 15) is 36.5 Å². The first-order valence-electron chi connectivity index (χ1n) is 15.8. The number of benzene rings is 5. The molecule has 0 unspecified atom stereocenters. The average molecular weight is 783 g/mol. The minimum Gasteiger partial charge on any atom is -0.308 e. The molecule has 0 aliphatic rings. The molecule has 2 heterocycles. The van der Waals surface area contributed by atoms with Crippen molar-refractivity contribution >= 4 is 88.2 Å². The van der Waals surface area contributed by atoms with E-state index in [4.69, 9.17) is 0 Å². The lowest BCUT2D eigenvalue weighted by molar-refractivity contribution is -0.383. The second-order valence-electron chi connectivity index (χ2n) is 11.5. The van der Waals surface area contributed by atoms with Crippen LogP contribution < -0.4 is 30.9 Å². The second kappa shape index (κ2) is 14.4. The Hall–Kier alpha value is -7.59. The molecular formula is C33H26N12O8S2. The van der Waals surface area contributed by atoms with Crippen molar-refractivity contribution in [2.75, 3.05) is 25.5 Å². The number of anilines is 5. The number of carbonyl (C=O) groups excluding carboxylic acids is 2. The van der Waals surface area contributed by atoms with Gasteiger partial charge >= 0.3 is 12.1 Å². The van der Waals surface area contributed by atoms with E-state index < -0.39 is 37.0 Å². The van der Waals surface area contributed by atoms with Crippen molar-refractivity contribution in [1.82, 2.24) is 30.6 Å². The first kappa shape index (κ1) is 35.8. The van der Waals surface area contributed by atoms with Crippen LogP contribution in [0.15, 0.2) is 125 Å². The maximum atomic E-state index is 13.3. The maximum absolute atomic E-state index is 13.3. The predicted molar refractivity (Wildman–Crippen MR) is 201 cm³/mol. The van der Waals surface area contributed by atoms with E-state index in [-0.39, 0.29) is 43.4 Å². The van der Waals surface area contributed by atoms with E-state index in [1.54, 1.807) is 18.2 Å². The molecule has 0 atom stereocenters. The summed E-state index contributed by atoms with van der Waals surface area (Å²) in [5.41, 5.74) is 7.33. The molecule has 0 aliphatic heterocycles. The number of sulfonamides is 2. The molecule has 0 fully saturated rings. The summed E-state index contributed by atoms with van der Waals surface area (Å²) in [6, 6.07) is 24.2. The summed E-state index contributed by atoms with van der Waals surface area (Å²) in [5.74, 6) is 0. The molecule has 0 saturated heterocycles. The van der Waals surface area contributed by atoms with Crippen LogP contribution >= 0.6 is 0 Å². The lowest BCUT2D eigenvalue weighted by Gasteiger charge is -2.13. The largest absolute Gasteiger partial charge is 0.361 e. The molecule has 7 aromatic rings. The van der Waals surface area contributed by atoms with Gasteiger partial charge in [-0.15, -0.1) is 0 Å². The Labute approximate surface area is 310 Å². The van der Waals surface area contributed by atoms with Gasteiger partial charge in [-0.2, -0.15) is 25.2 Å². The number of hydrazine groups is 1. The van der Waals surface area contributed by atoms with E-state index in [0.29, 0.717) is 22.4 Å². The normalized spacial score (nSPS) is 11.5. The van der Waals surface area contributed by atoms with Gasteiger partial charge < -0.3 is 10.6 Å². The summed E-state index contributed by atoms with van der Waals surface area (Å²) in [5, 5.41) is 31.0. The maximum Gasteiger partial charge on any atom is 0.361 e. The van der Waals surface area contributed by atoms with Gasteiger partial charge in [-0.1, -0.05) is 18.2 Å². The number of nitro benzene ring substituents is 1. The highest BCUT2D eigenvalue weighted by Gasteiger charge is 2.20. The van der Waals surface area contributed by atoms with Crippen LogP contribution in [-0.2, 0) is 20.0 Å². The smallest absolute Gasteiger partial charge is 0.308 e. The predicted octanol–water partition coefficient (Wildman–Crippen LogP) is 5.05. The number of nitro groups is 1. The van der Waals surface area contributed by atoms with E-state index in [0.717, 1.165) is 10.7 Å². The third-order valence-corrected chi connectivity index (χ3v) is 10.6. The van der Waals surface area contributed by atoms with Gasteiger partial charge in [0.25, 0.3) is 25.7 Å². The molecule has 2 aromatic heterocycles. The third-order valence-electron chi connectivity index (χ3n) is 7.80. The van der Waals surface area contributed by atoms with Gasteiger partial charge in [-0.25, -0.2) is 31.9 Å². The Kier molecular flexibility index (Phi) is 9.40. The van der Waals surface area contributed by atoms with E-state index in [1.165, 1.54) is 91.1 Å². The fourth-order valence-corrected chi connectivity index (χ4v) is 7.46. The molecule has 3 amide bonds. The van der Waals surface area contributed by atoms with Crippen LogP contribution in [0.4, 0.5) is 43.7 Å². The number of aromatic nitrogens is 5. The Bertz CT molecular complexity index is 2840. The quantitative estimate of drug-likeness (QED) is 0.0671. The molecule has 22 heteroatoms. The fourth-order valence-electron chi connectivity index (χ4n) is 5.26. The van der Waals surface area contributed by atoms with Crippen molar-refractivity contribution in [2.45, 2.75) is 9.79 Å². The molecule has 7 N–H and O–H groups in total. The number of urea groups is 1. The fraction of sp³-hybridized carbons (Fsp3) is 0. The van der Waals surface area contributed by atoms with Crippen LogP contribution in [0, 0.1) is 10.1 Å². The van der Waals surface area contributed by atoms with Crippen molar-refractivity contribution in [2.24, 2.45) is 0 Å². The molecule has 20 nitrogen and oxygen atoms in total. The Morgan fingerprint density at radius 2 is 1.25 bits per heavy atom. The third kappa shape index (κ3) is 7.93. The number of fused-ring (bicyclic) bond motifs is 2. The molecule has 0 saturated carbocycles. The molecule has 0 aliphatic carbocycles. The lowest BCUT2D eigenvalue weighted by atomic mass is 10.2. The number of non-ortho nitro benzene ring substituents is 1. The summed E-state index contributed by atoms with van der Waals surface area (Å²) in [6.07, 6.45) is 1.21. The monoisotopic (exact) mass is 782 g/mol. The molecular weight excluding hydrogens is 757 g/mol. The second-order valence-corrected chi connectivity index (χ2v) is 14.9. The van der Waals surface area contributed by atoms with Crippen LogP contribution in [0.2, 0.25) is 0 Å². The SMILES string of the molecule is O=C(Nc1cccc(S(=O)(=O)Nc2cccc(S(=O)(=O)Nc3ccc(NNC(=O)n4ncc5c([N+](=O)[O-])cccc54)cc3)c2)c1)Nc1ccc2n[nH]nc2c1. The molecule has 55 heavy (non-hydrogen) atoms. The van der Waals surface area contributed by atoms with Crippen LogP contribution in [-0.4, -0.2) is 59.0 Å². The van der Waals surface area contributed by atoms with Crippen molar-refractivity contribution in [3.63, 3.8) is 0 Å². The van der Waals surface area contributed by atoms with Gasteiger partial charge in [-0.05, 0) is 84.9 Å². The minimum absolute atomic E-state index is 0.0444. The number of carbonyl (C=O) groups is 2. The Morgan fingerprint density at radius 1 is 0.673 bits per heavy atom. The van der Waals surface area contributed by atoms with E-state index in [1.807, 2.05) is 0 Å². The first-order valence-corrected chi connectivity index (χ1v) is 18.7. The van der Waals surface area contributed by atoms with Crippen LogP contribution in [0.3, 0.4) is 0 Å². The van der Waals surface area contributed by atoms with E-state index >= 15 is 0 Å². The number of amides is 3. The molecule has 7 rings (SSSR count). The zero-order valence-electron chi connectivity index (χ0n) is 27.8. The van der Waals surface area contributed by atoms with Crippen molar-refractivity contribution in [1.29, 1.82) is 0 Å². The molecule has 0 radical (unpaired) electrons. The number of nitrogens with zero attached hydrogens (tertiary/aromatic N) is 5. The zero-order chi connectivity index (χ0) is 38.7. The summed E-state index contributed by atoms with van der Waals surface area (Å²) in [6.45, 7) is 0. The van der Waals surface area contributed by atoms with Crippen LogP contribution in [0.5, 0.6) is 0 Å². The van der Waals surface area contributed by atoms with E-state index in [2.05, 4.69) is 51.4 Å². The minimum atomic E-state index is -4.24. The Balaban J connectivity index is 0.962. The van der Waals surface area contributed by atoms with Crippen molar-refractivity contribution in [3.05, 3.63) is 126 Å². The van der Waals surface area contributed by atoms with Gasteiger partial charge in [0.2, 0.25) is 0 Å². The molecule has 5 aromatic carbocycles. The van der Waals surface area contributed by atoms with Crippen molar-refractivity contribution in [3.8, 4) is 0 Å². The topological polar surface area (TPSA) is 277 Å². The molecule has 278 valence electrons. The standard InChI is InChI=1S/C33H26N12O8S2/c46-32(36-23-14-15-28-29(18-23)39-43-38-28)35-22-4-1-6-25(16-22)55(52,53)42-24-5-2-7-26(17-24)54(50,51)41-21-12-10-20(11-13-21)37-40-33(47)44-30-8-3-9-31(45(48)49)27(30)19-34-44/h1-19,37,41-42H,(H,40,47)(H2,35,36,46)(H,38,39,43). The first-order chi connectivity index (χ1) is 26.3. The van der Waals surface area contributed by atoms with Gasteiger partial charge in [0, 0.05) is 23.1 Å². The number of H-pyrrole nitrogens is 1. The number of rotatable bonds is 11.